The highest BCUT2D eigenvalue weighted by Gasteiger charge is 2.17. The number of carbonyl (C=O) groups excluding carboxylic acids is 2. The van der Waals surface area contributed by atoms with E-state index in [1.807, 2.05) is 0 Å². The summed E-state index contributed by atoms with van der Waals surface area (Å²) in [5, 5.41) is 15.9. The molecule has 2 N–H and O–H groups in total. The molecule has 0 saturated heterocycles. The number of nitrogens with zero attached hydrogens (tertiary/aromatic N) is 1. The van der Waals surface area contributed by atoms with Crippen LogP contribution in [0.15, 0.2) is 42.5 Å². The summed E-state index contributed by atoms with van der Waals surface area (Å²) in [6.07, 6.45) is 0. The Hall–Kier alpha value is -3.29. The van der Waals surface area contributed by atoms with E-state index >= 15 is 0 Å². The first kappa shape index (κ1) is 18.1. The molecule has 0 aliphatic heterocycles. The molecule has 0 saturated carbocycles. The monoisotopic (exact) mass is 345 g/mol. The van der Waals surface area contributed by atoms with E-state index in [4.69, 9.17) is 0 Å². The lowest BCUT2D eigenvalue weighted by Crippen LogP contribution is -2.35. The van der Waals surface area contributed by atoms with Crippen LogP contribution in [0.1, 0.15) is 26.3 Å². The summed E-state index contributed by atoms with van der Waals surface area (Å²) in [6, 6.07) is 9.80. The summed E-state index contributed by atoms with van der Waals surface area (Å²) in [4.78, 5) is 34.3. The maximum atomic E-state index is 13.5. The van der Waals surface area contributed by atoms with Gasteiger partial charge in [0.1, 0.15) is 5.82 Å². The van der Waals surface area contributed by atoms with Gasteiger partial charge in [-0.25, -0.2) is 4.39 Å². The average Bonchev–Trinajstić information content (AvgIpc) is 2.58. The van der Waals surface area contributed by atoms with Crippen LogP contribution < -0.4 is 10.6 Å². The van der Waals surface area contributed by atoms with Gasteiger partial charge in [0, 0.05) is 30.3 Å². The van der Waals surface area contributed by atoms with E-state index in [-0.39, 0.29) is 35.5 Å². The second kappa shape index (κ2) is 8.00. The van der Waals surface area contributed by atoms with Gasteiger partial charge in [-0.2, -0.15) is 0 Å². The number of halogens is 1. The quantitative estimate of drug-likeness (QED) is 0.476. The second-order valence-electron chi connectivity index (χ2n) is 5.20. The predicted molar refractivity (Wildman–Crippen MR) is 88.9 cm³/mol. The van der Waals surface area contributed by atoms with Crippen LogP contribution in [0.3, 0.4) is 0 Å². The van der Waals surface area contributed by atoms with Crippen molar-refractivity contribution in [1.29, 1.82) is 0 Å². The molecule has 2 amide bonds. The topological polar surface area (TPSA) is 101 Å². The Balaban J connectivity index is 1.89. The van der Waals surface area contributed by atoms with Crippen LogP contribution in [-0.4, -0.2) is 29.8 Å². The fraction of sp³-hybridized carbons (Fsp3) is 0.176. The normalized spacial score (nSPS) is 10.2. The van der Waals surface area contributed by atoms with Crippen LogP contribution in [0.2, 0.25) is 0 Å². The molecule has 0 heterocycles. The van der Waals surface area contributed by atoms with Gasteiger partial charge in [0.25, 0.3) is 17.5 Å². The number of carbonyl (C=O) groups is 2. The Morgan fingerprint density at radius 3 is 2.16 bits per heavy atom. The largest absolute Gasteiger partial charge is 0.350 e. The number of nitrogens with one attached hydrogen (secondary N) is 2. The summed E-state index contributed by atoms with van der Waals surface area (Å²) >= 11 is 0. The molecule has 2 aromatic carbocycles. The van der Waals surface area contributed by atoms with E-state index in [9.17, 15) is 24.1 Å². The zero-order chi connectivity index (χ0) is 18.4. The van der Waals surface area contributed by atoms with Crippen molar-refractivity contribution in [3.63, 3.8) is 0 Å². The van der Waals surface area contributed by atoms with E-state index in [0.29, 0.717) is 0 Å². The molecule has 0 atom stereocenters. The van der Waals surface area contributed by atoms with E-state index in [2.05, 4.69) is 10.6 Å². The maximum absolute atomic E-state index is 13.5. The van der Waals surface area contributed by atoms with Crippen molar-refractivity contribution in [2.45, 2.75) is 6.92 Å². The van der Waals surface area contributed by atoms with Crippen LogP contribution in [-0.2, 0) is 0 Å². The summed E-state index contributed by atoms with van der Waals surface area (Å²) in [5.41, 5.74) is 0.235. The van der Waals surface area contributed by atoms with E-state index in [0.717, 1.165) is 0 Å². The van der Waals surface area contributed by atoms with Crippen molar-refractivity contribution in [2.24, 2.45) is 0 Å². The predicted octanol–water partition coefficient (Wildman–Crippen LogP) is 2.20. The zero-order valence-corrected chi connectivity index (χ0v) is 13.4. The van der Waals surface area contributed by atoms with Crippen LogP contribution >= 0.6 is 0 Å². The van der Waals surface area contributed by atoms with Gasteiger partial charge in [-0.1, -0.05) is 18.2 Å². The molecule has 2 rings (SSSR count). The van der Waals surface area contributed by atoms with Crippen LogP contribution in [0.4, 0.5) is 10.1 Å². The summed E-state index contributed by atoms with van der Waals surface area (Å²) in [6.45, 7) is 1.68. The van der Waals surface area contributed by atoms with Gasteiger partial charge in [0.15, 0.2) is 0 Å². The number of nitro groups is 1. The van der Waals surface area contributed by atoms with Crippen molar-refractivity contribution < 1.29 is 18.9 Å². The number of hydrogen-bond donors (Lipinski definition) is 2. The van der Waals surface area contributed by atoms with Crippen molar-refractivity contribution in [2.75, 3.05) is 13.1 Å². The molecule has 0 aromatic heterocycles. The van der Waals surface area contributed by atoms with Gasteiger partial charge in [-0.3, -0.25) is 19.7 Å². The first-order chi connectivity index (χ1) is 11.9. The van der Waals surface area contributed by atoms with Crippen LogP contribution in [0.5, 0.6) is 0 Å². The van der Waals surface area contributed by atoms with Gasteiger partial charge in [-0.05, 0) is 25.1 Å². The highest BCUT2D eigenvalue weighted by atomic mass is 19.1. The Morgan fingerprint density at radius 2 is 1.56 bits per heavy atom. The van der Waals surface area contributed by atoms with Gasteiger partial charge in [-0.15, -0.1) is 0 Å². The molecule has 8 heteroatoms. The zero-order valence-electron chi connectivity index (χ0n) is 13.4. The standard InChI is InChI=1S/C17H16FN3O4/c1-11-12(6-4-8-15(11)21(24)25)16(22)19-9-10-20-17(23)13-5-2-3-7-14(13)18/h2-8H,9-10H2,1H3,(H,19,22)(H,20,23). The summed E-state index contributed by atoms with van der Waals surface area (Å²) in [7, 11) is 0. The summed E-state index contributed by atoms with van der Waals surface area (Å²) in [5.74, 6) is -1.70. The van der Waals surface area contributed by atoms with Crippen molar-refractivity contribution in [3.8, 4) is 0 Å². The molecule has 0 fully saturated rings. The third-order valence-corrected chi connectivity index (χ3v) is 3.56. The third-order valence-electron chi connectivity index (χ3n) is 3.56. The smallest absolute Gasteiger partial charge is 0.273 e. The van der Waals surface area contributed by atoms with Gasteiger partial charge in [0.2, 0.25) is 0 Å². The molecule has 2 aromatic rings. The average molecular weight is 345 g/mol. The van der Waals surface area contributed by atoms with Crippen LogP contribution in [0.25, 0.3) is 0 Å². The molecule has 0 spiro atoms. The maximum Gasteiger partial charge on any atom is 0.273 e. The molecule has 25 heavy (non-hydrogen) atoms. The van der Waals surface area contributed by atoms with Gasteiger partial charge >= 0.3 is 0 Å². The number of benzene rings is 2. The summed E-state index contributed by atoms with van der Waals surface area (Å²) < 4.78 is 13.5. The molecule has 7 nitrogen and oxygen atoms in total. The lowest BCUT2D eigenvalue weighted by molar-refractivity contribution is -0.385. The van der Waals surface area contributed by atoms with E-state index < -0.39 is 22.6 Å². The van der Waals surface area contributed by atoms with Crippen LogP contribution in [0, 0.1) is 22.9 Å². The fourth-order valence-electron chi connectivity index (χ4n) is 2.26. The molecular weight excluding hydrogens is 329 g/mol. The highest BCUT2D eigenvalue weighted by Crippen LogP contribution is 2.20. The minimum absolute atomic E-state index is 0.0802. The Labute approximate surface area is 143 Å². The van der Waals surface area contributed by atoms with Gasteiger partial charge < -0.3 is 10.6 Å². The van der Waals surface area contributed by atoms with Crippen molar-refractivity contribution in [3.05, 3.63) is 75.1 Å². The first-order valence-corrected chi connectivity index (χ1v) is 7.46. The molecule has 0 unspecified atom stereocenters. The SMILES string of the molecule is Cc1c(C(=O)NCCNC(=O)c2ccccc2F)cccc1[N+](=O)[O-]. The Bertz CT molecular complexity index is 823. The second-order valence-corrected chi connectivity index (χ2v) is 5.20. The number of hydrogen-bond acceptors (Lipinski definition) is 4. The molecule has 130 valence electrons. The number of amides is 2. The number of rotatable bonds is 6. The number of nitro benzene ring substituents is 1. The van der Waals surface area contributed by atoms with Gasteiger partial charge in [0.05, 0.1) is 10.5 Å². The lowest BCUT2D eigenvalue weighted by atomic mass is 10.1. The highest BCUT2D eigenvalue weighted by molar-refractivity contribution is 5.97. The minimum atomic E-state index is -0.628. The van der Waals surface area contributed by atoms with Crippen molar-refractivity contribution in [1.82, 2.24) is 10.6 Å². The lowest BCUT2D eigenvalue weighted by Gasteiger charge is -2.09. The molecular formula is C17H16FN3O4. The Morgan fingerprint density at radius 1 is 1.00 bits per heavy atom. The first-order valence-electron chi connectivity index (χ1n) is 7.46. The molecule has 0 radical (unpaired) electrons. The fourth-order valence-corrected chi connectivity index (χ4v) is 2.26. The van der Waals surface area contributed by atoms with Crippen molar-refractivity contribution >= 4 is 17.5 Å². The molecule has 0 bridgehead atoms. The van der Waals surface area contributed by atoms with E-state index in [1.54, 1.807) is 6.07 Å². The third kappa shape index (κ3) is 4.37. The minimum Gasteiger partial charge on any atom is -0.350 e. The molecule has 0 aliphatic carbocycles. The van der Waals surface area contributed by atoms with E-state index in [1.165, 1.54) is 43.3 Å². The Kier molecular flexibility index (Phi) is 5.78. The molecule has 0 aliphatic rings.